The second-order valence-electron chi connectivity index (χ2n) is 3.15. The van der Waals surface area contributed by atoms with Gasteiger partial charge in [0.25, 0.3) is 0 Å². The minimum atomic E-state index is -1.41. The highest BCUT2D eigenvalue weighted by molar-refractivity contribution is 6.50. The van der Waals surface area contributed by atoms with Gasteiger partial charge in [0.1, 0.15) is 10.6 Å². The Bertz CT molecular complexity index is 460. The van der Waals surface area contributed by atoms with E-state index in [0.29, 0.717) is 6.42 Å². The molecule has 0 spiro atoms. The van der Waals surface area contributed by atoms with Crippen molar-refractivity contribution in [3.63, 3.8) is 0 Å². The average Bonchev–Trinajstić information content (AvgIpc) is 2.26. The molecule has 0 radical (unpaired) electrons. The van der Waals surface area contributed by atoms with E-state index < -0.39 is 17.3 Å². The van der Waals surface area contributed by atoms with Gasteiger partial charge in [-0.25, -0.2) is 4.79 Å². The van der Waals surface area contributed by atoms with Crippen molar-refractivity contribution in [2.45, 2.75) is 13.3 Å². The van der Waals surface area contributed by atoms with Gasteiger partial charge in [-0.05, 0) is 6.42 Å². The molecule has 0 saturated carbocycles. The third-order valence-electron chi connectivity index (χ3n) is 1.92. The number of halogens is 3. The van der Waals surface area contributed by atoms with Gasteiger partial charge >= 0.3 is 5.97 Å². The molecule has 1 rings (SSSR count). The van der Waals surface area contributed by atoms with Crippen molar-refractivity contribution in [2.75, 3.05) is 6.61 Å². The van der Waals surface area contributed by atoms with Crippen LogP contribution >= 0.6 is 34.8 Å². The van der Waals surface area contributed by atoms with Crippen LogP contribution in [0.2, 0.25) is 15.1 Å². The molecule has 0 unspecified atom stereocenters. The molecule has 0 aliphatic rings. The van der Waals surface area contributed by atoms with E-state index in [-0.39, 0.29) is 27.4 Å². The fraction of sp³-hybridized carbons (Fsp3) is 0.300. The first-order chi connectivity index (χ1) is 7.91. The van der Waals surface area contributed by atoms with Crippen molar-refractivity contribution in [3.8, 4) is 11.5 Å². The number of aromatic hydroxyl groups is 1. The standard InChI is InChI=1S/C10H9Cl3O4/c1-2-3-17-9-7(13)6(12)5(11)4(8(9)14)10(15)16/h14H,2-3H2,1H3,(H,15,16). The van der Waals surface area contributed by atoms with Gasteiger partial charge in [0.15, 0.2) is 11.5 Å². The van der Waals surface area contributed by atoms with Crippen molar-refractivity contribution >= 4 is 40.8 Å². The largest absolute Gasteiger partial charge is 0.504 e. The van der Waals surface area contributed by atoms with Crippen LogP contribution in [0.3, 0.4) is 0 Å². The maximum atomic E-state index is 10.9. The molecule has 1 aromatic rings. The molecular weight excluding hydrogens is 290 g/mol. The van der Waals surface area contributed by atoms with E-state index in [1.807, 2.05) is 6.92 Å². The van der Waals surface area contributed by atoms with Crippen LogP contribution in [0.4, 0.5) is 0 Å². The summed E-state index contributed by atoms with van der Waals surface area (Å²) >= 11 is 17.3. The first-order valence-electron chi connectivity index (χ1n) is 4.67. The van der Waals surface area contributed by atoms with E-state index >= 15 is 0 Å². The molecular formula is C10H9Cl3O4. The zero-order chi connectivity index (χ0) is 13.2. The minimum absolute atomic E-state index is 0.104. The SMILES string of the molecule is CCCOc1c(O)c(C(=O)O)c(Cl)c(Cl)c1Cl. The number of ether oxygens (including phenoxy) is 1. The van der Waals surface area contributed by atoms with E-state index in [4.69, 9.17) is 44.6 Å². The summed E-state index contributed by atoms with van der Waals surface area (Å²) in [6.45, 7) is 2.12. The summed E-state index contributed by atoms with van der Waals surface area (Å²) in [7, 11) is 0. The van der Waals surface area contributed by atoms with Crippen molar-refractivity contribution in [1.82, 2.24) is 0 Å². The van der Waals surface area contributed by atoms with E-state index in [0.717, 1.165) is 0 Å². The zero-order valence-electron chi connectivity index (χ0n) is 8.76. The molecule has 0 aromatic heterocycles. The topological polar surface area (TPSA) is 66.8 Å². The molecule has 0 atom stereocenters. The Balaban J connectivity index is 3.44. The summed E-state index contributed by atoms with van der Waals surface area (Å²) in [5.41, 5.74) is -0.521. The van der Waals surface area contributed by atoms with Crippen LogP contribution in [-0.4, -0.2) is 22.8 Å². The highest BCUT2D eigenvalue weighted by Gasteiger charge is 2.26. The molecule has 0 saturated heterocycles. The van der Waals surface area contributed by atoms with E-state index in [9.17, 15) is 9.90 Å². The van der Waals surface area contributed by atoms with Crippen molar-refractivity contribution in [3.05, 3.63) is 20.6 Å². The number of aromatic carboxylic acids is 1. The number of hydrogen-bond donors (Lipinski definition) is 2. The zero-order valence-corrected chi connectivity index (χ0v) is 11.0. The Morgan fingerprint density at radius 1 is 1.24 bits per heavy atom. The first kappa shape index (κ1) is 14.2. The number of carbonyl (C=O) groups is 1. The molecule has 17 heavy (non-hydrogen) atoms. The first-order valence-corrected chi connectivity index (χ1v) is 5.80. The Kier molecular flexibility index (Phi) is 4.74. The highest BCUT2D eigenvalue weighted by Crippen LogP contribution is 2.47. The lowest BCUT2D eigenvalue weighted by Gasteiger charge is -2.13. The molecule has 0 heterocycles. The lowest BCUT2D eigenvalue weighted by atomic mass is 10.2. The van der Waals surface area contributed by atoms with E-state index in [2.05, 4.69) is 0 Å². The maximum absolute atomic E-state index is 10.9. The summed E-state index contributed by atoms with van der Waals surface area (Å²) in [6.07, 6.45) is 0.665. The number of hydrogen-bond acceptors (Lipinski definition) is 3. The fourth-order valence-electron chi connectivity index (χ4n) is 1.16. The highest BCUT2D eigenvalue weighted by atomic mass is 35.5. The maximum Gasteiger partial charge on any atom is 0.341 e. The molecule has 0 aliphatic carbocycles. The predicted octanol–water partition coefficient (Wildman–Crippen LogP) is 3.84. The van der Waals surface area contributed by atoms with Crippen molar-refractivity contribution in [2.24, 2.45) is 0 Å². The Morgan fingerprint density at radius 2 is 1.82 bits per heavy atom. The molecule has 94 valence electrons. The monoisotopic (exact) mass is 298 g/mol. The van der Waals surface area contributed by atoms with Gasteiger partial charge in [-0.15, -0.1) is 0 Å². The lowest BCUT2D eigenvalue weighted by molar-refractivity contribution is 0.0693. The second-order valence-corrected chi connectivity index (χ2v) is 4.28. The summed E-state index contributed by atoms with van der Waals surface area (Å²) in [5, 5.41) is 18.1. The van der Waals surface area contributed by atoms with Gasteiger partial charge in [0, 0.05) is 0 Å². The van der Waals surface area contributed by atoms with E-state index in [1.54, 1.807) is 0 Å². The molecule has 0 bridgehead atoms. The van der Waals surface area contributed by atoms with Crippen LogP contribution in [0.5, 0.6) is 11.5 Å². The van der Waals surface area contributed by atoms with Gasteiger partial charge in [-0.1, -0.05) is 41.7 Å². The van der Waals surface area contributed by atoms with Crippen LogP contribution in [0, 0.1) is 0 Å². The number of carboxylic acids is 1. The summed E-state index contributed by atoms with van der Waals surface area (Å²) in [6, 6.07) is 0. The van der Waals surface area contributed by atoms with Crippen molar-refractivity contribution in [1.29, 1.82) is 0 Å². The minimum Gasteiger partial charge on any atom is -0.504 e. The van der Waals surface area contributed by atoms with Gasteiger partial charge in [0.05, 0.1) is 16.7 Å². The predicted molar refractivity (Wildman–Crippen MR) is 65.9 cm³/mol. The van der Waals surface area contributed by atoms with E-state index in [1.165, 1.54) is 0 Å². The Labute approximate surface area is 113 Å². The summed E-state index contributed by atoms with van der Waals surface area (Å²) in [4.78, 5) is 10.9. The van der Waals surface area contributed by atoms with Gasteiger partial charge < -0.3 is 14.9 Å². The molecule has 0 aliphatic heterocycles. The Morgan fingerprint density at radius 3 is 2.29 bits per heavy atom. The molecule has 0 amide bonds. The number of carboxylic acid groups (broad SMARTS) is 1. The normalized spacial score (nSPS) is 10.4. The van der Waals surface area contributed by atoms with Crippen molar-refractivity contribution < 1.29 is 19.7 Å². The fourth-order valence-corrected chi connectivity index (χ4v) is 1.89. The third-order valence-corrected chi connectivity index (χ3v) is 3.23. The smallest absolute Gasteiger partial charge is 0.341 e. The molecule has 0 fully saturated rings. The number of benzene rings is 1. The second kappa shape index (κ2) is 5.67. The van der Waals surface area contributed by atoms with Gasteiger partial charge in [-0.3, -0.25) is 0 Å². The molecule has 2 N–H and O–H groups in total. The Hall–Kier alpha value is -0.840. The van der Waals surface area contributed by atoms with Crippen LogP contribution in [-0.2, 0) is 0 Å². The lowest BCUT2D eigenvalue weighted by Crippen LogP contribution is -2.03. The average molecular weight is 300 g/mol. The van der Waals surface area contributed by atoms with Gasteiger partial charge in [-0.2, -0.15) is 0 Å². The van der Waals surface area contributed by atoms with Gasteiger partial charge in [0.2, 0.25) is 0 Å². The summed E-state index contributed by atoms with van der Waals surface area (Å²) in [5.74, 6) is -2.20. The number of phenols is 1. The number of rotatable bonds is 4. The third kappa shape index (κ3) is 2.70. The molecule has 1 aromatic carbocycles. The van der Waals surface area contributed by atoms with Crippen LogP contribution in [0.25, 0.3) is 0 Å². The summed E-state index contributed by atoms with van der Waals surface area (Å²) < 4.78 is 5.16. The molecule has 4 nitrogen and oxygen atoms in total. The van der Waals surface area contributed by atoms with Crippen LogP contribution in [0.15, 0.2) is 0 Å². The van der Waals surface area contributed by atoms with Crippen LogP contribution < -0.4 is 4.74 Å². The van der Waals surface area contributed by atoms with Crippen LogP contribution in [0.1, 0.15) is 23.7 Å². The molecule has 7 heteroatoms. The quantitative estimate of drug-likeness (QED) is 0.829.